The van der Waals surface area contributed by atoms with E-state index in [0.29, 0.717) is 19.4 Å². The Bertz CT molecular complexity index is 460. The molecule has 158 valence electrons. The molecule has 0 aromatic carbocycles. The predicted octanol–water partition coefficient (Wildman–Crippen LogP) is 0.653. The molecule has 0 aromatic heterocycles. The van der Waals surface area contributed by atoms with Crippen molar-refractivity contribution in [3.63, 3.8) is 0 Å². The first-order valence-electron chi connectivity index (χ1n) is 9.52. The van der Waals surface area contributed by atoms with E-state index in [2.05, 4.69) is 31.3 Å². The molecule has 1 aliphatic carbocycles. The maximum Gasteiger partial charge on any atom is 0.522 e. The molecule has 0 aromatic rings. The summed E-state index contributed by atoms with van der Waals surface area (Å²) in [5.74, 6) is 0. The van der Waals surface area contributed by atoms with Crippen LogP contribution in [-0.4, -0.2) is 56.1 Å². The topological polar surface area (TPSA) is 112 Å². The maximum atomic E-state index is 12.2. The number of hydrogen-bond acceptors (Lipinski definition) is 6. The number of nitrogens with two attached hydrogens (primary N) is 1. The van der Waals surface area contributed by atoms with E-state index in [1.165, 1.54) is 0 Å². The Balaban J connectivity index is 1.69. The molecular formula is C16H31F3N6O2. The summed E-state index contributed by atoms with van der Waals surface area (Å²) in [7, 11) is 0. The second kappa shape index (κ2) is 10.4. The Morgan fingerprint density at radius 3 is 2.52 bits per heavy atom. The molecule has 27 heavy (non-hydrogen) atoms. The standard InChI is InChI=1S/C16H31F3N6O2/c1-10-9-13(21-8-2-7-20)24-14(22-10)25-15(26)23-11-3-5-12(6-4-11)27-16(17,18)19/h10-14,21-22,24H,2-9,20H2,1H3,(H2,23,25,26). The van der Waals surface area contributed by atoms with Gasteiger partial charge in [0.05, 0.1) is 12.3 Å². The van der Waals surface area contributed by atoms with Crippen LogP contribution in [0.4, 0.5) is 18.0 Å². The van der Waals surface area contributed by atoms with Crippen molar-refractivity contribution in [3.8, 4) is 0 Å². The Kier molecular flexibility index (Phi) is 8.55. The van der Waals surface area contributed by atoms with Gasteiger partial charge in [-0.2, -0.15) is 0 Å². The first kappa shape index (κ1) is 22.2. The zero-order valence-corrected chi connectivity index (χ0v) is 15.6. The number of amides is 2. The minimum Gasteiger partial charge on any atom is -0.335 e. The zero-order valence-electron chi connectivity index (χ0n) is 15.6. The molecule has 3 atom stereocenters. The van der Waals surface area contributed by atoms with Gasteiger partial charge in [-0.15, -0.1) is 13.2 Å². The largest absolute Gasteiger partial charge is 0.522 e. The van der Waals surface area contributed by atoms with Gasteiger partial charge in [0.25, 0.3) is 0 Å². The molecule has 1 saturated heterocycles. The highest BCUT2D eigenvalue weighted by molar-refractivity contribution is 5.74. The summed E-state index contributed by atoms with van der Waals surface area (Å²) >= 11 is 0. The third-order valence-corrected chi connectivity index (χ3v) is 4.77. The number of urea groups is 1. The SMILES string of the molecule is CC1CC(NCCCN)NC(NC(=O)NC2CCC(OC(F)(F)F)CC2)N1. The van der Waals surface area contributed by atoms with Crippen LogP contribution < -0.4 is 32.3 Å². The van der Waals surface area contributed by atoms with Crippen molar-refractivity contribution in [2.24, 2.45) is 5.73 Å². The molecule has 11 heteroatoms. The van der Waals surface area contributed by atoms with Gasteiger partial charge in [-0.3, -0.25) is 15.4 Å². The Morgan fingerprint density at radius 1 is 1.19 bits per heavy atom. The van der Waals surface area contributed by atoms with Crippen LogP contribution in [0.25, 0.3) is 0 Å². The molecule has 1 heterocycles. The van der Waals surface area contributed by atoms with Crippen LogP contribution >= 0.6 is 0 Å². The third-order valence-electron chi connectivity index (χ3n) is 4.77. The summed E-state index contributed by atoms with van der Waals surface area (Å²) in [5.41, 5.74) is 5.49. The lowest BCUT2D eigenvalue weighted by molar-refractivity contribution is -0.345. The van der Waals surface area contributed by atoms with Crippen molar-refractivity contribution in [2.75, 3.05) is 13.1 Å². The molecule has 3 unspecified atom stereocenters. The fourth-order valence-corrected chi connectivity index (χ4v) is 3.50. The molecule has 1 aliphatic heterocycles. The van der Waals surface area contributed by atoms with Gasteiger partial charge in [-0.05, 0) is 58.5 Å². The van der Waals surface area contributed by atoms with E-state index in [0.717, 1.165) is 19.4 Å². The molecule has 2 fully saturated rings. The number of halogens is 3. The highest BCUT2D eigenvalue weighted by Gasteiger charge is 2.35. The van der Waals surface area contributed by atoms with Gasteiger partial charge in [0.1, 0.15) is 6.29 Å². The van der Waals surface area contributed by atoms with Gasteiger partial charge < -0.3 is 21.7 Å². The quantitative estimate of drug-likeness (QED) is 0.353. The van der Waals surface area contributed by atoms with E-state index >= 15 is 0 Å². The Labute approximate surface area is 157 Å². The number of alkyl halides is 3. The van der Waals surface area contributed by atoms with Crippen LogP contribution in [-0.2, 0) is 4.74 Å². The average Bonchev–Trinajstić information content (AvgIpc) is 2.55. The zero-order chi connectivity index (χ0) is 19.9. The molecule has 2 amide bonds. The number of rotatable bonds is 7. The number of hydrogen-bond donors (Lipinski definition) is 6. The summed E-state index contributed by atoms with van der Waals surface area (Å²) in [4.78, 5) is 12.2. The maximum absolute atomic E-state index is 12.2. The van der Waals surface area contributed by atoms with E-state index in [-0.39, 0.29) is 37.1 Å². The van der Waals surface area contributed by atoms with Crippen molar-refractivity contribution < 1.29 is 22.7 Å². The minimum absolute atomic E-state index is 0.0630. The molecule has 2 rings (SSSR count). The first-order chi connectivity index (χ1) is 12.7. The third kappa shape index (κ3) is 8.60. The predicted molar refractivity (Wildman–Crippen MR) is 94.5 cm³/mol. The van der Waals surface area contributed by atoms with E-state index in [1.807, 2.05) is 6.92 Å². The summed E-state index contributed by atoms with van der Waals surface area (Å²) in [6.45, 7) is 3.45. The van der Waals surface area contributed by atoms with Crippen LogP contribution in [0.1, 0.15) is 45.4 Å². The number of carbonyl (C=O) groups is 1. The van der Waals surface area contributed by atoms with Gasteiger partial charge in [-0.25, -0.2) is 4.79 Å². The van der Waals surface area contributed by atoms with Crippen molar-refractivity contribution >= 4 is 6.03 Å². The molecule has 0 spiro atoms. The van der Waals surface area contributed by atoms with E-state index < -0.39 is 18.8 Å². The molecule has 0 bridgehead atoms. The van der Waals surface area contributed by atoms with Gasteiger partial charge in [-0.1, -0.05) is 0 Å². The van der Waals surface area contributed by atoms with Crippen molar-refractivity contribution in [1.29, 1.82) is 0 Å². The lowest BCUT2D eigenvalue weighted by Crippen LogP contribution is -2.68. The molecule has 7 N–H and O–H groups in total. The van der Waals surface area contributed by atoms with Crippen LogP contribution in [0.15, 0.2) is 0 Å². The number of nitrogens with one attached hydrogen (secondary N) is 5. The van der Waals surface area contributed by atoms with Gasteiger partial charge in [0, 0.05) is 12.1 Å². The monoisotopic (exact) mass is 396 g/mol. The number of carbonyl (C=O) groups excluding carboxylic acids is 1. The lowest BCUT2D eigenvalue weighted by atomic mass is 9.93. The van der Waals surface area contributed by atoms with E-state index in [9.17, 15) is 18.0 Å². The second-order valence-electron chi connectivity index (χ2n) is 7.21. The first-order valence-corrected chi connectivity index (χ1v) is 9.52. The summed E-state index contributed by atoms with van der Waals surface area (Å²) in [5, 5.41) is 15.5. The van der Waals surface area contributed by atoms with Gasteiger partial charge in [0.15, 0.2) is 0 Å². The lowest BCUT2D eigenvalue weighted by Gasteiger charge is -2.37. The summed E-state index contributed by atoms with van der Waals surface area (Å²) < 4.78 is 40.8. The minimum atomic E-state index is -4.61. The molecule has 8 nitrogen and oxygen atoms in total. The Hall–Kier alpha value is -1.14. The fourth-order valence-electron chi connectivity index (χ4n) is 3.50. The van der Waals surface area contributed by atoms with Crippen LogP contribution in [0.3, 0.4) is 0 Å². The molecular weight excluding hydrogens is 365 g/mol. The second-order valence-corrected chi connectivity index (χ2v) is 7.21. The van der Waals surface area contributed by atoms with Crippen molar-refractivity contribution in [2.45, 2.75) is 82.5 Å². The summed E-state index contributed by atoms with van der Waals surface area (Å²) in [6.07, 6.45) is -2.56. The van der Waals surface area contributed by atoms with Crippen LogP contribution in [0, 0.1) is 0 Å². The molecule has 0 radical (unpaired) electrons. The highest BCUT2D eigenvalue weighted by Crippen LogP contribution is 2.27. The highest BCUT2D eigenvalue weighted by atomic mass is 19.4. The average molecular weight is 396 g/mol. The van der Waals surface area contributed by atoms with Crippen LogP contribution in [0.5, 0.6) is 0 Å². The normalized spacial score (nSPS) is 32.1. The van der Waals surface area contributed by atoms with Gasteiger partial charge >= 0.3 is 12.4 Å². The van der Waals surface area contributed by atoms with E-state index in [1.54, 1.807) is 0 Å². The molecule has 2 aliphatic rings. The van der Waals surface area contributed by atoms with Crippen molar-refractivity contribution in [3.05, 3.63) is 0 Å². The Morgan fingerprint density at radius 2 is 1.89 bits per heavy atom. The van der Waals surface area contributed by atoms with E-state index in [4.69, 9.17) is 5.73 Å². The molecule has 1 saturated carbocycles. The van der Waals surface area contributed by atoms with Crippen molar-refractivity contribution in [1.82, 2.24) is 26.6 Å². The van der Waals surface area contributed by atoms with Crippen LogP contribution in [0.2, 0.25) is 0 Å². The smallest absolute Gasteiger partial charge is 0.335 e. The fraction of sp³-hybridized carbons (Fsp3) is 0.938. The number of ether oxygens (including phenoxy) is 1. The van der Waals surface area contributed by atoms with Gasteiger partial charge in [0.2, 0.25) is 0 Å². The summed E-state index contributed by atoms with van der Waals surface area (Å²) in [6, 6.07) is -0.297.